The molecule has 0 aliphatic heterocycles. The van der Waals surface area contributed by atoms with Crippen molar-refractivity contribution >= 4 is 17.5 Å². The van der Waals surface area contributed by atoms with E-state index in [0.717, 1.165) is 0 Å². The summed E-state index contributed by atoms with van der Waals surface area (Å²) in [7, 11) is -8.13. The first-order valence-corrected chi connectivity index (χ1v) is 9.82. The molecule has 0 nitrogen and oxygen atoms in total. The number of hydrogen-bond acceptors (Lipinski definition) is 0. The monoisotopic (exact) mass is 260 g/mol. The van der Waals surface area contributed by atoms with E-state index in [1.54, 1.807) is 6.92 Å². The fourth-order valence-electron chi connectivity index (χ4n) is 1.39. The van der Waals surface area contributed by atoms with Gasteiger partial charge in [0.1, 0.15) is 0 Å². The van der Waals surface area contributed by atoms with E-state index in [0.29, 0.717) is 0 Å². The molecule has 0 heterocycles. The van der Waals surface area contributed by atoms with Gasteiger partial charge >= 0.3 is 17.5 Å². The Morgan fingerprint density at radius 2 is 1.40 bits per heavy atom. The molecule has 0 spiro atoms. The molecular formula is C9H20F4Si2. The predicted molar refractivity (Wildman–Crippen MR) is 60.3 cm³/mol. The number of hydrogen-bond donors (Lipinski definition) is 0. The Bertz CT molecular complexity index is 185. The van der Waals surface area contributed by atoms with Crippen molar-refractivity contribution in [2.24, 2.45) is 5.92 Å². The zero-order chi connectivity index (χ0) is 12.1. The number of halogens is 4. The van der Waals surface area contributed by atoms with Crippen molar-refractivity contribution in [3.05, 3.63) is 0 Å². The molecule has 0 rings (SSSR count). The molecule has 0 aliphatic carbocycles. The average molecular weight is 260 g/mol. The minimum Gasteiger partial charge on any atom is -0.270 e. The lowest BCUT2D eigenvalue weighted by molar-refractivity contribution is 0.500. The second kappa shape index (κ2) is 6.03. The maximum absolute atomic E-state index is 13.1. The third-order valence-electron chi connectivity index (χ3n) is 2.68. The molecule has 15 heavy (non-hydrogen) atoms. The zero-order valence-corrected chi connectivity index (χ0v) is 11.6. The molecule has 0 fully saturated rings. The summed E-state index contributed by atoms with van der Waals surface area (Å²) in [5, 5.41) is 0. The van der Waals surface area contributed by atoms with Gasteiger partial charge < -0.3 is 0 Å². The molecule has 0 aromatic carbocycles. The van der Waals surface area contributed by atoms with Gasteiger partial charge in [-0.3, -0.25) is 16.4 Å². The van der Waals surface area contributed by atoms with Crippen molar-refractivity contribution in [1.29, 1.82) is 0 Å². The van der Waals surface area contributed by atoms with Crippen LogP contribution in [0.4, 0.5) is 16.4 Å². The molecule has 0 aliphatic rings. The van der Waals surface area contributed by atoms with E-state index >= 15 is 0 Å². The summed E-state index contributed by atoms with van der Waals surface area (Å²) in [5.74, 6) is -0.253. The largest absolute Gasteiger partial charge is 0.425 e. The van der Waals surface area contributed by atoms with E-state index in [2.05, 4.69) is 0 Å². The molecule has 92 valence electrons. The van der Waals surface area contributed by atoms with Gasteiger partial charge in [0.15, 0.2) is 0 Å². The van der Waals surface area contributed by atoms with Crippen LogP contribution in [0.2, 0.25) is 24.2 Å². The fraction of sp³-hybridized carbons (Fsp3) is 1.00. The summed E-state index contributed by atoms with van der Waals surface area (Å²) in [4.78, 5) is 0. The highest BCUT2D eigenvalue weighted by Crippen LogP contribution is 2.29. The molecule has 0 aromatic heterocycles. The molecule has 1 unspecified atom stereocenters. The molecular weight excluding hydrogens is 240 g/mol. The van der Waals surface area contributed by atoms with Gasteiger partial charge in [-0.05, 0) is 30.5 Å². The summed E-state index contributed by atoms with van der Waals surface area (Å²) in [6.07, 6.45) is 0.260. The van der Waals surface area contributed by atoms with Gasteiger partial charge in [0.05, 0.1) is 0 Å². The first-order chi connectivity index (χ1) is 6.72. The van der Waals surface area contributed by atoms with Crippen LogP contribution in [0.15, 0.2) is 0 Å². The lowest BCUT2D eigenvalue weighted by atomic mass is 10.2. The Hall–Kier alpha value is 0.154. The fourth-order valence-corrected chi connectivity index (χ4v) is 4.17. The minimum atomic E-state index is -4.08. The Balaban J connectivity index is 3.90. The van der Waals surface area contributed by atoms with Crippen LogP contribution in [0.5, 0.6) is 0 Å². The molecule has 0 aromatic rings. The van der Waals surface area contributed by atoms with E-state index in [-0.39, 0.29) is 36.5 Å². The van der Waals surface area contributed by atoms with Crippen LogP contribution in [-0.4, -0.2) is 17.5 Å². The number of rotatable bonds is 7. The van der Waals surface area contributed by atoms with E-state index in [9.17, 15) is 16.4 Å². The van der Waals surface area contributed by atoms with Crippen molar-refractivity contribution in [2.45, 2.75) is 51.4 Å². The molecule has 0 bridgehead atoms. The highest BCUT2D eigenvalue weighted by molar-refractivity contribution is 6.66. The van der Waals surface area contributed by atoms with Crippen LogP contribution in [0, 0.1) is 5.92 Å². The molecule has 0 saturated heterocycles. The van der Waals surface area contributed by atoms with Crippen LogP contribution in [0.1, 0.15) is 27.2 Å². The zero-order valence-electron chi connectivity index (χ0n) is 9.62. The maximum atomic E-state index is 13.1. The lowest BCUT2D eigenvalue weighted by Crippen LogP contribution is -2.26. The van der Waals surface area contributed by atoms with Crippen LogP contribution in [0.3, 0.4) is 0 Å². The molecule has 0 saturated carbocycles. The van der Waals surface area contributed by atoms with E-state index in [1.165, 1.54) is 13.8 Å². The highest BCUT2D eigenvalue weighted by Gasteiger charge is 2.37. The van der Waals surface area contributed by atoms with Crippen molar-refractivity contribution in [1.82, 2.24) is 0 Å². The van der Waals surface area contributed by atoms with Gasteiger partial charge in [-0.2, -0.15) is 0 Å². The molecule has 0 amide bonds. The summed E-state index contributed by atoms with van der Waals surface area (Å²) < 4.78 is 52.1. The smallest absolute Gasteiger partial charge is 0.270 e. The minimum absolute atomic E-state index is 0.0681. The first-order valence-electron chi connectivity index (χ1n) is 5.48. The van der Waals surface area contributed by atoms with Gasteiger partial charge in [0.2, 0.25) is 0 Å². The lowest BCUT2D eigenvalue weighted by Gasteiger charge is -2.18. The molecule has 0 radical (unpaired) electrons. The van der Waals surface area contributed by atoms with E-state index in [4.69, 9.17) is 0 Å². The van der Waals surface area contributed by atoms with Crippen molar-refractivity contribution in [2.75, 3.05) is 0 Å². The molecule has 1 atom stereocenters. The van der Waals surface area contributed by atoms with Crippen molar-refractivity contribution in [3.8, 4) is 0 Å². The second-order valence-electron chi connectivity index (χ2n) is 4.27. The highest BCUT2D eigenvalue weighted by atomic mass is 28.4. The van der Waals surface area contributed by atoms with Gasteiger partial charge in [-0.25, -0.2) is 0 Å². The Morgan fingerprint density at radius 3 is 1.80 bits per heavy atom. The SMILES string of the molecule is CC[Si](F)(F)CCC(C)C[Si](F)(F)CC. The Morgan fingerprint density at radius 1 is 0.933 bits per heavy atom. The van der Waals surface area contributed by atoms with Gasteiger partial charge in [0.25, 0.3) is 0 Å². The summed E-state index contributed by atoms with van der Waals surface area (Å²) in [5.41, 5.74) is 0. The van der Waals surface area contributed by atoms with Gasteiger partial charge in [-0.15, -0.1) is 0 Å². The normalized spacial score (nSPS) is 15.4. The molecule has 0 N–H and O–H groups in total. The van der Waals surface area contributed by atoms with Crippen molar-refractivity contribution in [3.63, 3.8) is 0 Å². The summed E-state index contributed by atoms with van der Waals surface area (Å²) in [6, 6.07) is -0.392. The van der Waals surface area contributed by atoms with Crippen LogP contribution in [0.25, 0.3) is 0 Å². The standard InChI is InChI=1S/C9H20F4Si2/c1-4-14(10,11)7-6-9(3)8-15(12,13)5-2/h9H,4-8H2,1-3H3. The second-order valence-corrected chi connectivity index (χ2v) is 10.0. The van der Waals surface area contributed by atoms with Gasteiger partial charge in [-0.1, -0.05) is 20.8 Å². The third-order valence-corrected chi connectivity index (χ3v) is 7.07. The van der Waals surface area contributed by atoms with Crippen molar-refractivity contribution < 1.29 is 16.4 Å². The topological polar surface area (TPSA) is 0 Å². The quantitative estimate of drug-likeness (QED) is 0.350. The third kappa shape index (κ3) is 7.11. The average Bonchev–Trinajstić information content (AvgIpc) is 2.15. The molecule has 6 heteroatoms. The van der Waals surface area contributed by atoms with E-state index in [1.807, 2.05) is 0 Å². The summed E-state index contributed by atoms with van der Waals surface area (Å²) >= 11 is 0. The Labute approximate surface area is 91.8 Å². The van der Waals surface area contributed by atoms with Crippen LogP contribution >= 0.6 is 0 Å². The van der Waals surface area contributed by atoms with Gasteiger partial charge in [0, 0.05) is 6.04 Å². The maximum Gasteiger partial charge on any atom is 0.425 e. The van der Waals surface area contributed by atoms with Crippen LogP contribution in [-0.2, 0) is 0 Å². The first kappa shape index (κ1) is 15.2. The predicted octanol–water partition coefficient (Wildman–Crippen LogP) is 4.81. The van der Waals surface area contributed by atoms with E-state index < -0.39 is 17.5 Å². The Kier molecular flexibility index (Phi) is 6.09. The van der Waals surface area contributed by atoms with Crippen LogP contribution < -0.4 is 0 Å². The summed E-state index contributed by atoms with van der Waals surface area (Å²) in [6.45, 7) is 4.62.